The predicted molar refractivity (Wildman–Crippen MR) is 101 cm³/mol. The molecule has 1 amide bonds. The Labute approximate surface area is 152 Å². The molecular formula is C21H22N4O. The molecule has 0 bridgehead atoms. The standard InChI is InChI=1S/C21H22N4O/c1-12-7-8-16-17(9-13(2)24-20(16)14(12)3)21(26)23-11-19-22-10-15-5-4-6-18(15)25-19/h7-10H,4-6,11H2,1-3H3,(H,23,26). The van der Waals surface area contributed by atoms with Crippen molar-refractivity contribution in [3.8, 4) is 0 Å². The Hall–Kier alpha value is -2.82. The molecule has 5 heteroatoms. The number of nitrogens with zero attached hydrogens (tertiary/aromatic N) is 3. The first kappa shape index (κ1) is 16.6. The van der Waals surface area contributed by atoms with E-state index in [4.69, 9.17) is 0 Å². The monoisotopic (exact) mass is 346 g/mol. The summed E-state index contributed by atoms with van der Waals surface area (Å²) in [5, 5.41) is 3.85. The van der Waals surface area contributed by atoms with E-state index in [0.717, 1.165) is 47.1 Å². The van der Waals surface area contributed by atoms with Crippen LogP contribution in [0.15, 0.2) is 24.4 Å². The SMILES string of the molecule is Cc1cc(C(=O)NCc2ncc3c(n2)CCC3)c2ccc(C)c(C)c2n1. The zero-order valence-corrected chi connectivity index (χ0v) is 15.4. The second-order valence-corrected chi connectivity index (χ2v) is 7.01. The maximum absolute atomic E-state index is 12.8. The van der Waals surface area contributed by atoms with E-state index in [0.29, 0.717) is 17.9 Å². The minimum absolute atomic E-state index is 0.118. The fraction of sp³-hybridized carbons (Fsp3) is 0.333. The lowest BCUT2D eigenvalue weighted by Gasteiger charge is -2.12. The van der Waals surface area contributed by atoms with E-state index in [1.807, 2.05) is 38.2 Å². The van der Waals surface area contributed by atoms with Gasteiger partial charge in [-0.2, -0.15) is 0 Å². The summed E-state index contributed by atoms with van der Waals surface area (Å²) >= 11 is 0. The Morgan fingerprint density at radius 3 is 2.85 bits per heavy atom. The van der Waals surface area contributed by atoms with E-state index in [1.54, 1.807) is 0 Å². The Morgan fingerprint density at radius 2 is 2.00 bits per heavy atom. The van der Waals surface area contributed by atoms with E-state index < -0.39 is 0 Å². The number of fused-ring (bicyclic) bond motifs is 2. The van der Waals surface area contributed by atoms with Crippen LogP contribution in [0.25, 0.3) is 10.9 Å². The van der Waals surface area contributed by atoms with Crippen LogP contribution in [0, 0.1) is 20.8 Å². The highest BCUT2D eigenvalue weighted by atomic mass is 16.1. The number of nitrogens with one attached hydrogen (secondary N) is 1. The van der Waals surface area contributed by atoms with Crippen LogP contribution >= 0.6 is 0 Å². The molecule has 4 rings (SSSR count). The van der Waals surface area contributed by atoms with Gasteiger partial charge in [-0.25, -0.2) is 9.97 Å². The molecule has 5 nitrogen and oxygen atoms in total. The second kappa shape index (κ2) is 6.48. The van der Waals surface area contributed by atoms with Gasteiger partial charge >= 0.3 is 0 Å². The topological polar surface area (TPSA) is 67.8 Å². The molecule has 1 N–H and O–H groups in total. The number of aromatic nitrogens is 3. The van der Waals surface area contributed by atoms with Crippen molar-refractivity contribution in [3.05, 3.63) is 63.9 Å². The summed E-state index contributed by atoms with van der Waals surface area (Å²) in [5.41, 5.74) is 7.03. The third kappa shape index (κ3) is 2.94. The first-order valence-electron chi connectivity index (χ1n) is 9.02. The lowest BCUT2D eigenvalue weighted by atomic mass is 10.0. The van der Waals surface area contributed by atoms with Gasteiger partial charge in [0.2, 0.25) is 0 Å². The van der Waals surface area contributed by atoms with Crippen molar-refractivity contribution in [3.63, 3.8) is 0 Å². The largest absolute Gasteiger partial charge is 0.345 e. The third-order valence-corrected chi connectivity index (χ3v) is 5.15. The van der Waals surface area contributed by atoms with Crippen LogP contribution in [-0.2, 0) is 19.4 Å². The minimum Gasteiger partial charge on any atom is -0.345 e. The van der Waals surface area contributed by atoms with Gasteiger partial charge in [-0.1, -0.05) is 12.1 Å². The van der Waals surface area contributed by atoms with Crippen molar-refractivity contribution in [1.29, 1.82) is 0 Å². The molecule has 0 spiro atoms. The molecule has 3 aromatic rings. The van der Waals surface area contributed by atoms with Crippen LogP contribution in [0.5, 0.6) is 0 Å². The van der Waals surface area contributed by atoms with Gasteiger partial charge < -0.3 is 5.32 Å². The van der Waals surface area contributed by atoms with E-state index in [1.165, 1.54) is 11.1 Å². The van der Waals surface area contributed by atoms with Gasteiger partial charge in [0.15, 0.2) is 0 Å². The first-order chi connectivity index (χ1) is 12.5. The van der Waals surface area contributed by atoms with Gasteiger partial charge in [0.25, 0.3) is 5.91 Å². The zero-order chi connectivity index (χ0) is 18.3. The maximum atomic E-state index is 12.8. The summed E-state index contributed by atoms with van der Waals surface area (Å²) in [6, 6.07) is 5.86. The molecule has 0 fully saturated rings. The normalized spacial score (nSPS) is 13.0. The summed E-state index contributed by atoms with van der Waals surface area (Å²) in [6.45, 7) is 6.36. The highest BCUT2D eigenvalue weighted by molar-refractivity contribution is 6.06. The quantitative estimate of drug-likeness (QED) is 0.789. The smallest absolute Gasteiger partial charge is 0.252 e. The molecule has 0 unspecified atom stereocenters. The van der Waals surface area contributed by atoms with E-state index in [-0.39, 0.29) is 5.91 Å². The Morgan fingerprint density at radius 1 is 1.15 bits per heavy atom. The maximum Gasteiger partial charge on any atom is 0.252 e. The van der Waals surface area contributed by atoms with E-state index in [9.17, 15) is 4.79 Å². The summed E-state index contributed by atoms with van der Waals surface area (Å²) in [4.78, 5) is 26.4. The van der Waals surface area contributed by atoms with Gasteiger partial charge in [-0.15, -0.1) is 0 Å². The molecule has 0 saturated carbocycles. The number of pyridine rings is 1. The molecule has 2 aromatic heterocycles. The van der Waals surface area contributed by atoms with E-state index >= 15 is 0 Å². The van der Waals surface area contributed by atoms with Gasteiger partial charge in [0.05, 0.1) is 17.6 Å². The highest BCUT2D eigenvalue weighted by Gasteiger charge is 2.16. The number of benzene rings is 1. The molecule has 0 radical (unpaired) electrons. The number of hydrogen-bond acceptors (Lipinski definition) is 4. The lowest BCUT2D eigenvalue weighted by molar-refractivity contribution is 0.0951. The number of carbonyl (C=O) groups excluding carboxylic acids is 1. The molecule has 1 aliphatic rings. The molecule has 0 saturated heterocycles. The number of amides is 1. The van der Waals surface area contributed by atoms with Gasteiger partial charge in [0, 0.05) is 23.0 Å². The second-order valence-electron chi connectivity index (χ2n) is 7.01. The van der Waals surface area contributed by atoms with Crippen molar-refractivity contribution in [2.75, 3.05) is 0 Å². The molecule has 1 aliphatic carbocycles. The molecule has 1 aromatic carbocycles. The van der Waals surface area contributed by atoms with E-state index in [2.05, 4.69) is 27.2 Å². The summed E-state index contributed by atoms with van der Waals surface area (Å²) in [7, 11) is 0. The van der Waals surface area contributed by atoms with Crippen molar-refractivity contribution >= 4 is 16.8 Å². The minimum atomic E-state index is -0.118. The average Bonchev–Trinajstić information content (AvgIpc) is 3.10. The number of hydrogen-bond donors (Lipinski definition) is 1. The Kier molecular flexibility index (Phi) is 4.15. The van der Waals surface area contributed by atoms with Crippen molar-refractivity contribution < 1.29 is 4.79 Å². The molecular weight excluding hydrogens is 324 g/mol. The predicted octanol–water partition coefficient (Wildman–Crippen LogP) is 3.37. The molecule has 26 heavy (non-hydrogen) atoms. The average molecular weight is 346 g/mol. The van der Waals surface area contributed by atoms with Gasteiger partial charge in [-0.05, 0) is 62.8 Å². The van der Waals surface area contributed by atoms with Crippen LogP contribution in [0.2, 0.25) is 0 Å². The zero-order valence-electron chi connectivity index (χ0n) is 15.4. The molecule has 132 valence electrons. The molecule has 2 heterocycles. The van der Waals surface area contributed by atoms with Crippen molar-refractivity contribution in [1.82, 2.24) is 20.3 Å². The van der Waals surface area contributed by atoms with Gasteiger partial charge in [-0.3, -0.25) is 9.78 Å². The lowest BCUT2D eigenvalue weighted by Crippen LogP contribution is -2.24. The van der Waals surface area contributed by atoms with Crippen LogP contribution in [0.1, 0.15) is 50.7 Å². The highest BCUT2D eigenvalue weighted by Crippen LogP contribution is 2.24. The van der Waals surface area contributed by atoms with Crippen LogP contribution < -0.4 is 5.32 Å². The number of rotatable bonds is 3. The first-order valence-corrected chi connectivity index (χ1v) is 9.02. The van der Waals surface area contributed by atoms with Crippen molar-refractivity contribution in [2.45, 2.75) is 46.6 Å². The van der Waals surface area contributed by atoms with Crippen LogP contribution in [0.3, 0.4) is 0 Å². The van der Waals surface area contributed by atoms with Gasteiger partial charge in [0.1, 0.15) is 5.82 Å². The van der Waals surface area contributed by atoms with Crippen molar-refractivity contribution in [2.24, 2.45) is 0 Å². The summed E-state index contributed by atoms with van der Waals surface area (Å²) < 4.78 is 0. The molecule has 0 atom stereocenters. The summed E-state index contributed by atoms with van der Waals surface area (Å²) in [5.74, 6) is 0.550. The van der Waals surface area contributed by atoms with Crippen LogP contribution in [0.4, 0.5) is 0 Å². The fourth-order valence-electron chi connectivity index (χ4n) is 3.54. The number of aryl methyl sites for hydroxylation is 5. The Balaban J connectivity index is 1.61. The van der Waals surface area contributed by atoms with Crippen LogP contribution in [-0.4, -0.2) is 20.9 Å². The fourth-order valence-corrected chi connectivity index (χ4v) is 3.54. The summed E-state index contributed by atoms with van der Waals surface area (Å²) in [6.07, 6.45) is 5.10. The Bertz CT molecular complexity index is 1030. The molecule has 0 aliphatic heterocycles. The third-order valence-electron chi connectivity index (χ3n) is 5.15. The number of carbonyl (C=O) groups is 1.